The van der Waals surface area contributed by atoms with Gasteiger partial charge in [0.15, 0.2) is 11.5 Å². The lowest BCUT2D eigenvalue weighted by atomic mass is 9.97. The van der Waals surface area contributed by atoms with Crippen molar-refractivity contribution >= 4 is 0 Å². The van der Waals surface area contributed by atoms with E-state index >= 15 is 0 Å². The number of hydrogen-bond donors (Lipinski definition) is 1. The zero-order chi connectivity index (χ0) is 15.2. The number of rotatable bonds is 7. The third-order valence-corrected chi connectivity index (χ3v) is 3.15. The minimum Gasteiger partial charge on any atom is -0.493 e. The second kappa shape index (κ2) is 7.53. The molecule has 3 nitrogen and oxygen atoms in total. The number of benzene rings is 1. The summed E-state index contributed by atoms with van der Waals surface area (Å²) in [5.41, 5.74) is 1.42. The highest BCUT2D eigenvalue weighted by molar-refractivity contribution is 5.46. The summed E-state index contributed by atoms with van der Waals surface area (Å²) in [6.45, 7) is 12.6. The van der Waals surface area contributed by atoms with E-state index in [-0.39, 0.29) is 11.5 Å². The molecule has 0 saturated heterocycles. The Hall–Kier alpha value is -1.22. The van der Waals surface area contributed by atoms with E-state index in [0.29, 0.717) is 0 Å². The minimum absolute atomic E-state index is 0.188. The van der Waals surface area contributed by atoms with Gasteiger partial charge in [-0.1, -0.05) is 39.8 Å². The lowest BCUT2D eigenvalue weighted by Gasteiger charge is -2.21. The molecule has 0 bridgehead atoms. The van der Waals surface area contributed by atoms with E-state index in [2.05, 4.69) is 46.0 Å². The van der Waals surface area contributed by atoms with Crippen LogP contribution in [0, 0.1) is 5.41 Å². The summed E-state index contributed by atoms with van der Waals surface area (Å²) < 4.78 is 11.5. The van der Waals surface area contributed by atoms with E-state index in [1.807, 2.05) is 12.1 Å². The first-order chi connectivity index (χ1) is 9.37. The van der Waals surface area contributed by atoms with Crippen molar-refractivity contribution in [3.63, 3.8) is 0 Å². The van der Waals surface area contributed by atoms with E-state index < -0.39 is 0 Å². The van der Waals surface area contributed by atoms with Gasteiger partial charge in [0.2, 0.25) is 0 Å². The Balaban J connectivity index is 2.83. The molecule has 3 heteroatoms. The highest BCUT2D eigenvalue weighted by Gasteiger charge is 2.14. The van der Waals surface area contributed by atoms with Crippen molar-refractivity contribution in [2.24, 2.45) is 5.41 Å². The van der Waals surface area contributed by atoms with E-state index in [9.17, 15) is 0 Å². The molecule has 1 aromatic carbocycles. The summed E-state index contributed by atoms with van der Waals surface area (Å²) in [5, 5.41) is 3.49. The Labute approximate surface area is 123 Å². The molecule has 1 atom stereocenters. The summed E-state index contributed by atoms with van der Waals surface area (Å²) in [6.07, 6.45) is 1.17. The number of methoxy groups -OCH3 is 1. The summed E-state index contributed by atoms with van der Waals surface area (Å²) in [4.78, 5) is 0. The van der Waals surface area contributed by atoms with Crippen LogP contribution < -0.4 is 14.8 Å². The predicted octanol–water partition coefficient (Wildman–Crippen LogP) is 4.01. The SMILES string of the molecule is CCC(C)Oc1c(CNCC(C)(C)C)cccc1OC. The maximum absolute atomic E-state index is 6.03. The molecule has 1 N–H and O–H groups in total. The van der Waals surface area contributed by atoms with E-state index in [1.54, 1.807) is 7.11 Å². The van der Waals surface area contributed by atoms with Crippen LogP contribution in [0.5, 0.6) is 11.5 Å². The lowest BCUT2D eigenvalue weighted by Crippen LogP contribution is -2.26. The van der Waals surface area contributed by atoms with Crippen LogP contribution in [0.3, 0.4) is 0 Å². The zero-order valence-electron chi connectivity index (χ0n) is 13.7. The highest BCUT2D eigenvalue weighted by Crippen LogP contribution is 2.32. The lowest BCUT2D eigenvalue weighted by molar-refractivity contribution is 0.205. The molecule has 0 spiro atoms. The number of hydrogen-bond acceptors (Lipinski definition) is 3. The molecule has 0 saturated carbocycles. The van der Waals surface area contributed by atoms with Gasteiger partial charge in [-0.25, -0.2) is 0 Å². The van der Waals surface area contributed by atoms with Gasteiger partial charge >= 0.3 is 0 Å². The largest absolute Gasteiger partial charge is 0.493 e. The molecule has 0 aliphatic heterocycles. The van der Waals surface area contributed by atoms with Gasteiger partial charge in [-0.3, -0.25) is 0 Å². The third-order valence-electron chi connectivity index (χ3n) is 3.15. The van der Waals surface area contributed by atoms with Gasteiger partial charge in [-0.15, -0.1) is 0 Å². The standard InChI is InChI=1S/C17H29NO2/c1-7-13(2)20-16-14(9-8-10-15(16)19-6)11-18-12-17(3,4)5/h8-10,13,18H,7,11-12H2,1-6H3. The Bertz CT molecular complexity index is 410. The highest BCUT2D eigenvalue weighted by atomic mass is 16.5. The summed E-state index contributed by atoms with van der Waals surface area (Å²) >= 11 is 0. The maximum Gasteiger partial charge on any atom is 0.166 e. The van der Waals surface area contributed by atoms with Crippen LogP contribution in [0.15, 0.2) is 18.2 Å². The van der Waals surface area contributed by atoms with Crippen LogP contribution in [-0.4, -0.2) is 19.8 Å². The van der Waals surface area contributed by atoms with Gasteiger partial charge < -0.3 is 14.8 Å². The van der Waals surface area contributed by atoms with E-state index in [1.165, 1.54) is 0 Å². The van der Waals surface area contributed by atoms with E-state index in [4.69, 9.17) is 9.47 Å². The fraction of sp³-hybridized carbons (Fsp3) is 0.647. The molecule has 114 valence electrons. The normalized spacial score (nSPS) is 13.1. The Morgan fingerprint density at radius 2 is 1.95 bits per heavy atom. The van der Waals surface area contributed by atoms with Crippen molar-refractivity contribution in [1.29, 1.82) is 0 Å². The molecule has 0 aliphatic rings. The summed E-state index contributed by atoms with van der Waals surface area (Å²) in [7, 11) is 1.69. The maximum atomic E-state index is 6.03. The summed E-state index contributed by atoms with van der Waals surface area (Å²) in [6, 6.07) is 6.05. The molecule has 1 unspecified atom stereocenters. The average Bonchev–Trinajstić information content (AvgIpc) is 2.38. The van der Waals surface area contributed by atoms with Gasteiger partial charge in [0, 0.05) is 18.7 Å². The fourth-order valence-electron chi connectivity index (χ4n) is 1.85. The number of ether oxygens (including phenoxy) is 2. The molecule has 0 aromatic heterocycles. The van der Waals surface area contributed by atoms with Crippen LogP contribution >= 0.6 is 0 Å². The van der Waals surface area contributed by atoms with Gasteiger partial charge in [0.05, 0.1) is 13.2 Å². The van der Waals surface area contributed by atoms with Crippen molar-refractivity contribution in [3.05, 3.63) is 23.8 Å². The predicted molar refractivity (Wildman–Crippen MR) is 84.5 cm³/mol. The fourth-order valence-corrected chi connectivity index (χ4v) is 1.85. The first-order valence-electron chi connectivity index (χ1n) is 7.40. The van der Waals surface area contributed by atoms with Crippen molar-refractivity contribution in [1.82, 2.24) is 5.32 Å². The van der Waals surface area contributed by atoms with Crippen LogP contribution in [0.25, 0.3) is 0 Å². The van der Waals surface area contributed by atoms with Crippen LogP contribution in [0.1, 0.15) is 46.6 Å². The topological polar surface area (TPSA) is 30.5 Å². The molecule has 0 amide bonds. The minimum atomic E-state index is 0.188. The molecule has 0 radical (unpaired) electrons. The van der Waals surface area contributed by atoms with Crippen molar-refractivity contribution in [3.8, 4) is 11.5 Å². The van der Waals surface area contributed by atoms with Gasteiger partial charge in [0.1, 0.15) is 0 Å². The Morgan fingerprint density at radius 3 is 2.50 bits per heavy atom. The molecular formula is C17H29NO2. The second-order valence-corrected chi connectivity index (χ2v) is 6.45. The Kier molecular flexibility index (Phi) is 6.34. The monoisotopic (exact) mass is 279 g/mol. The van der Waals surface area contributed by atoms with Gasteiger partial charge in [-0.2, -0.15) is 0 Å². The zero-order valence-corrected chi connectivity index (χ0v) is 13.7. The van der Waals surface area contributed by atoms with Crippen molar-refractivity contribution in [2.45, 2.75) is 53.7 Å². The van der Waals surface area contributed by atoms with Gasteiger partial charge in [-0.05, 0) is 24.8 Å². The smallest absolute Gasteiger partial charge is 0.166 e. The first-order valence-corrected chi connectivity index (χ1v) is 7.40. The van der Waals surface area contributed by atoms with Crippen LogP contribution in [0.4, 0.5) is 0 Å². The average molecular weight is 279 g/mol. The second-order valence-electron chi connectivity index (χ2n) is 6.45. The number of nitrogens with one attached hydrogen (secondary N) is 1. The van der Waals surface area contributed by atoms with Crippen LogP contribution in [0.2, 0.25) is 0 Å². The molecular weight excluding hydrogens is 250 g/mol. The van der Waals surface area contributed by atoms with Crippen molar-refractivity contribution in [2.75, 3.05) is 13.7 Å². The number of para-hydroxylation sites is 1. The summed E-state index contributed by atoms with van der Waals surface area (Å²) in [5.74, 6) is 1.67. The van der Waals surface area contributed by atoms with E-state index in [0.717, 1.165) is 36.6 Å². The quantitative estimate of drug-likeness (QED) is 0.818. The third kappa shape index (κ3) is 5.41. The van der Waals surface area contributed by atoms with Crippen molar-refractivity contribution < 1.29 is 9.47 Å². The molecule has 1 rings (SSSR count). The molecule has 0 aliphatic carbocycles. The molecule has 1 aromatic rings. The molecule has 0 fully saturated rings. The first kappa shape index (κ1) is 16.8. The Morgan fingerprint density at radius 1 is 1.25 bits per heavy atom. The molecule has 20 heavy (non-hydrogen) atoms. The van der Waals surface area contributed by atoms with Gasteiger partial charge in [0.25, 0.3) is 0 Å². The van der Waals surface area contributed by atoms with Crippen LogP contribution in [-0.2, 0) is 6.54 Å². The molecule has 0 heterocycles.